The Kier molecular flexibility index (Phi) is 4.43. The number of thiophene rings is 1. The summed E-state index contributed by atoms with van der Waals surface area (Å²) in [5.41, 5.74) is 1.96. The zero-order valence-corrected chi connectivity index (χ0v) is 17.0. The predicted octanol–water partition coefficient (Wildman–Crippen LogP) is 3.69. The molecule has 1 N–H and O–H groups in total. The van der Waals surface area contributed by atoms with E-state index in [0.717, 1.165) is 36.8 Å². The number of aromatic nitrogens is 1. The van der Waals surface area contributed by atoms with E-state index in [9.17, 15) is 9.90 Å². The molecule has 6 heteroatoms. The number of rotatable bonds is 3. The first-order chi connectivity index (χ1) is 13.6. The Labute approximate surface area is 169 Å². The Hall–Kier alpha value is -1.92. The van der Waals surface area contributed by atoms with Gasteiger partial charge in [-0.15, -0.1) is 11.3 Å². The average Bonchev–Trinajstić information content (AvgIpc) is 3.27. The lowest BCUT2D eigenvalue weighted by Gasteiger charge is -2.44. The van der Waals surface area contributed by atoms with Crippen LogP contribution in [0.4, 0.5) is 0 Å². The van der Waals surface area contributed by atoms with Crippen LogP contribution in [0.1, 0.15) is 64.9 Å². The van der Waals surface area contributed by atoms with E-state index >= 15 is 0 Å². The molecule has 5 nitrogen and oxygen atoms in total. The highest BCUT2D eigenvalue weighted by atomic mass is 32.1. The number of ether oxygens (including phenoxy) is 1. The van der Waals surface area contributed by atoms with Crippen molar-refractivity contribution < 1.29 is 14.6 Å². The van der Waals surface area contributed by atoms with E-state index in [4.69, 9.17) is 4.74 Å². The van der Waals surface area contributed by atoms with Crippen molar-refractivity contribution in [3.8, 4) is 5.88 Å². The Morgan fingerprint density at radius 3 is 2.79 bits per heavy atom. The van der Waals surface area contributed by atoms with E-state index < -0.39 is 5.60 Å². The molecule has 3 aliphatic rings. The normalized spacial score (nSPS) is 28.9. The minimum absolute atomic E-state index is 0.0697. The molecule has 3 atom stereocenters. The minimum atomic E-state index is -0.990. The molecule has 2 aromatic heterocycles. The first-order valence-corrected chi connectivity index (χ1v) is 11.1. The smallest absolute Gasteiger partial charge is 0.255 e. The fraction of sp³-hybridized carbons (Fsp3) is 0.545. The molecule has 1 unspecified atom stereocenters. The van der Waals surface area contributed by atoms with Crippen molar-refractivity contribution in [1.82, 2.24) is 9.88 Å². The summed E-state index contributed by atoms with van der Waals surface area (Å²) in [6.07, 6.45) is 9.22. The molecule has 0 saturated carbocycles. The monoisotopic (exact) mass is 398 g/mol. The summed E-state index contributed by atoms with van der Waals surface area (Å²) in [4.78, 5) is 21.2. The molecule has 2 aromatic rings. The van der Waals surface area contributed by atoms with Gasteiger partial charge in [0.25, 0.3) is 5.91 Å². The highest BCUT2D eigenvalue weighted by Gasteiger charge is 2.51. The number of aliphatic hydroxyl groups is 1. The average molecular weight is 399 g/mol. The first-order valence-electron chi connectivity index (χ1n) is 10.2. The third-order valence-electron chi connectivity index (χ3n) is 6.76. The van der Waals surface area contributed by atoms with E-state index in [2.05, 4.69) is 15.3 Å². The number of carbonyl (C=O) groups excluding carboxylic acids is 1. The van der Waals surface area contributed by atoms with Crippen molar-refractivity contribution in [2.75, 3.05) is 7.11 Å². The molecule has 28 heavy (non-hydrogen) atoms. The number of pyridine rings is 1. The SMILES string of the molecule is COc1ncccc1C1(O)C[C@H]2CC[C@@H](C1)N2C(=O)c1csc2c1CCCC2. The topological polar surface area (TPSA) is 62.7 Å². The highest BCUT2D eigenvalue weighted by Crippen LogP contribution is 2.48. The molecule has 0 spiro atoms. The number of nitrogens with zero attached hydrogens (tertiary/aromatic N) is 2. The Morgan fingerprint density at radius 2 is 2.04 bits per heavy atom. The second kappa shape index (κ2) is 6.85. The number of piperidine rings is 1. The molecule has 2 fully saturated rings. The van der Waals surface area contributed by atoms with Crippen LogP contribution < -0.4 is 4.74 Å². The lowest BCUT2D eigenvalue weighted by atomic mass is 9.80. The molecule has 5 rings (SSSR count). The maximum atomic E-state index is 13.5. The van der Waals surface area contributed by atoms with Crippen LogP contribution in [0.5, 0.6) is 5.88 Å². The van der Waals surface area contributed by atoms with Gasteiger partial charge < -0.3 is 14.7 Å². The van der Waals surface area contributed by atoms with Gasteiger partial charge in [0.2, 0.25) is 5.88 Å². The number of aryl methyl sites for hydroxylation is 1. The summed E-state index contributed by atoms with van der Waals surface area (Å²) < 4.78 is 5.40. The molecular formula is C22H26N2O3S. The molecule has 0 aromatic carbocycles. The number of carbonyl (C=O) groups is 1. The van der Waals surface area contributed by atoms with Crippen LogP contribution in [-0.4, -0.2) is 40.1 Å². The van der Waals surface area contributed by atoms with E-state index in [1.807, 2.05) is 12.1 Å². The summed E-state index contributed by atoms with van der Waals surface area (Å²) in [5.74, 6) is 0.656. The largest absolute Gasteiger partial charge is 0.481 e. The van der Waals surface area contributed by atoms with Crippen LogP contribution in [0.2, 0.25) is 0 Å². The van der Waals surface area contributed by atoms with E-state index in [1.165, 1.54) is 23.3 Å². The van der Waals surface area contributed by atoms with Gasteiger partial charge in [-0.05, 0) is 56.2 Å². The van der Waals surface area contributed by atoms with Gasteiger partial charge in [0.15, 0.2) is 0 Å². The van der Waals surface area contributed by atoms with Crippen molar-refractivity contribution in [2.45, 2.75) is 69.1 Å². The van der Waals surface area contributed by atoms with Crippen LogP contribution in [0.15, 0.2) is 23.7 Å². The molecular weight excluding hydrogens is 372 g/mol. The summed E-state index contributed by atoms with van der Waals surface area (Å²) in [7, 11) is 1.59. The minimum Gasteiger partial charge on any atom is -0.481 e. The zero-order valence-electron chi connectivity index (χ0n) is 16.2. The van der Waals surface area contributed by atoms with Crippen molar-refractivity contribution in [3.05, 3.63) is 45.3 Å². The molecule has 0 radical (unpaired) electrons. The van der Waals surface area contributed by atoms with Crippen molar-refractivity contribution >= 4 is 17.2 Å². The van der Waals surface area contributed by atoms with E-state index in [-0.39, 0.29) is 18.0 Å². The zero-order chi connectivity index (χ0) is 19.3. The van der Waals surface area contributed by atoms with Gasteiger partial charge in [-0.25, -0.2) is 4.98 Å². The standard InChI is InChI=1S/C22H26N2O3S/c1-27-20-18(6-4-10-23-20)22(26)11-14-8-9-15(12-22)24(14)21(25)17-13-28-19-7-3-2-5-16(17)19/h4,6,10,13-15,26H,2-3,5,7-9,11-12H2,1H3/t14-,15+,22?. The molecule has 2 bridgehead atoms. The second-order valence-corrected chi connectivity index (χ2v) is 9.32. The van der Waals surface area contributed by atoms with Crippen LogP contribution in [-0.2, 0) is 18.4 Å². The number of fused-ring (bicyclic) bond motifs is 3. The Morgan fingerprint density at radius 1 is 1.29 bits per heavy atom. The van der Waals surface area contributed by atoms with Gasteiger partial charge in [0.05, 0.1) is 18.3 Å². The number of methoxy groups -OCH3 is 1. The van der Waals surface area contributed by atoms with Crippen molar-refractivity contribution in [1.29, 1.82) is 0 Å². The number of hydrogen-bond acceptors (Lipinski definition) is 5. The van der Waals surface area contributed by atoms with Gasteiger partial charge in [-0.3, -0.25) is 4.79 Å². The van der Waals surface area contributed by atoms with Crippen molar-refractivity contribution in [3.63, 3.8) is 0 Å². The fourth-order valence-corrected chi connectivity index (χ4v) is 6.62. The maximum Gasteiger partial charge on any atom is 0.255 e. The number of amides is 1. The van der Waals surface area contributed by atoms with Gasteiger partial charge in [-0.2, -0.15) is 0 Å². The third kappa shape index (κ3) is 2.77. The van der Waals surface area contributed by atoms with Crippen LogP contribution in [0.25, 0.3) is 0 Å². The molecule has 2 saturated heterocycles. The summed E-state index contributed by atoms with van der Waals surface area (Å²) >= 11 is 1.75. The second-order valence-electron chi connectivity index (χ2n) is 8.36. The Bertz CT molecular complexity index is 895. The molecule has 148 valence electrons. The van der Waals surface area contributed by atoms with Gasteiger partial charge in [-0.1, -0.05) is 0 Å². The third-order valence-corrected chi connectivity index (χ3v) is 7.85. The quantitative estimate of drug-likeness (QED) is 0.857. The summed E-state index contributed by atoms with van der Waals surface area (Å²) in [6, 6.07) is 3.88. The van der Waals surface area contributed by atoms with Crippen LogP contribution >= 0.6 is 11.3 Å². The highest BCUT2D eigenvalue weighted by molar-refractivity contribution is 7.10. The lowest BCUT2D eigenvalue weighted by molar-refractivity contribution is -0.0494. The van der Waals surface area contributed by atoms with Crippen LogP contribution in [0, 0.1) is 0 Å². The fourth-order valence-electron chi connectivity index (χ4n) is 5.50. The first kappa shape index (κ1) is 18.1. The van der Waals surface area contributed by atoms with Gasteiger partial charge >= 0.3 is 0 Å². The number of hydrogen-bond donors (Lipinski definition) is 1. The van der Waals surface area contributed by atoms with Gasteiger partial charge in [0.1, 0.15) is 0 Å². The summed E-state index contributed by atoms with van der Waals surface area (Å²) in [5, 5.41) is 13.6. The molecule has 1 amide bonds. The van der Waals surface area contributed by atoms with Gasteiger partial charge in [0, 0.05) is 46.9 Å². The predicted molar refractivity (Wildman–Crippen MR) is 108 cm³/mol. The van der Waals surface area contributed by atoms with Crippen LogP contribution in [0.3, 0.4) is 0 Å². The van der Waals surface area contributed by atoms with E-state index in [0.29, 0.717) is 18.7 Å². The Balaban J connectivity index is 1.43. The molecule has 2 aliphatic heterocycles. The molecule has 1 aliphatic carbocycles. The summed E-state index contributed by atoms with van der Waals surface area (Å²) in [6.45, 7) is 0. The van der Waals surface area contributed by atoms with E-state index in [1.54, 1.807) is 24.6 Å². The lowest BCUT2D eigenvalue weighted by Crippen LogP contribution is -2.52. The maximum absolute atomic E-state index is 13.5. The molecule has 4 heterocycles. The van der Waals surface area contributed by atoms with Crippen molar-refractivity contribution in [2.24, 2.45) is 0 Å².